The maximum Gasteiger partial charge on any atom is 0.338 e. The van der Waals surface area contributed by atoms with Crippen LogP contribution in [0.3, 0.4) is 0 Å². The predicted molar refractivity (Wildman–Crippen MR) is 117 cm³/mol. The molecule has 31 heavy (non-hydrogen) atoms. The Morgan fingerprint density at radius 1 is 1.19 bits per heavy atom. The zero-order valence-electron chi connectivity index (χ0n) is 17.2. The van der Waals surface area contributed by atoms with E-state index in [0.29, 0.717) is 18.8 Å². The second-order valence-electron chi connectivity index (χ2n) is 7.47. The van der Waals surface area contributed by atoms with Gasteiger partial charge in [0.25, 0.3) is 0 Å². The Kier molecular flexibility index (Phi) is 6.49. The smallest absolute Gasteiger partial charge is 0.338 e. The predicted octanol–water partition coefficient (Wildman–Crippen LogP) is 3.47. The summed E-state index contributed by atoms with van der Waals surface area (Å²) in [5, 5.41) is 6.75. The normalized spacial score (nSPS) is 15.5. The van der Waals surface area contributed by atoms with Crippen LogP contribution in [0.2, 0.25) is 0 Å². The molecule has 3 heterocycles. The van der Waals surface area contributed by atoms with Crippen molar-refractivity contribution in [1.82, 2.24) is 19.1 Å². The van der Waals surface area contributed by atoms with E-state index in [1.165, 1.54) is 27.8 Å². The lowest BCUT2D eigenvalue weighted by Gasteiger charge is -2.20. The highest BCUT2D eigenvalue weighted by atomic mass is 32.2. The molecule has 2 aromatic heterocycles. The van der Waals surface area contributed by atoms with Gasteiger partial charge in [-0.1, -0.05) is 18.9 Å². The monoisotopic (exact) mass is 460 g/mol. The summed E-state index contributed by atoms with van der Waals surface area (Å²) in [7, 11) is -1.79. The van der Waals surface area contributed by atoms with Gasteiger partial charge in [0.15, 0.2) is 0 Å². The van der Waals surface area contributed by atoms with E-state index in [0.717, 1.165) is 36.3 Å². The summed E-state index contributed by atoms with van der Waals surface area (Å²) in [6, 6.07) is 6.05. The Bertz CT molecular complexity index is 1160. The Morgan fingerprint density at radius 3 is 2.68 bits per heavy atom. The fourth-order valence-corrected chi connectivity index (χ4v) is 5.82. The molecule has 0 amide bonds. The number of rotatable bonds is 6. The van der Waals surface area contributed by atoms with E-state index in [9.17, 15) is 13.2 Å². The van der Waals surface area contributed by atoms with Crippen molar-refractivity contribution in [3.05, 3.63) is 53.3 Å². The third kappa shape index (κ3) is 5.03. The SMILES string of the molecule is Cn1cc(-c2nc(COC(=O)c3cccc(S(=O)(=O)N4CCCCCC4)c3)cs2)cn1. The van der Waals surface area contributed by atoms with Gasteiger partial charge in [0.1, 0.15) is 11.6 Å². The number of benzene rings is 1. The van der Waals surface area contributed by atoms with Gasteiger partial charge in [-0.15, -0.1) is 11.3 Å². The standard InChI is InChI=1S/C21H24N4O4S2/c1-24-13-17(12-22-24)20-23-18(15-30-20)14-29-21(26)16-7-6-8-19(11-16)31(27,28)25-9-4-2-3-5-10-25/h6-8,11-13,15H,2-5,9-10,14H2,1H3. The van der Waals surface area contributed by atoms with Gasteiger partial charge in [0.05, 0.1) is 22.3 Å². The molecular formula is C21H24N4O4S2. The van der Waals surface area contributed by atoms with Crippen LogP contribution in [0.4, 0.5) is 0 Å². The second-order valence-corrected chi connectivity index (χ2v) is 10.3. The summed E-state index contributed by atoms with van der Waals surface area (Å²) in [6.07, 6.45) is 7.38. The average Bonchev–Trinajstić information content (AvgIpc) is 3.32. The molecule has 0 unspecified atom stereocenters. The molecule has 0 radical (unpaired) electrons. The number of ether oxygens (including phenoxy) is 1. The molecule has 0 atom stereocenters. The van der Waals surface area contributed by atoms with Crippen LogP contribution < -0.4 is 0 Å². The first-order valence-corrected chi connectivity index (χ1v) is 12.5. The number of aryl methyl sites for hydroxylation is 1. The van der Waals surface area contributed by atoms with Gasteiger partial charge in [0, 0.05) is 37.3 Å². The summed E-state index contributed by atoms with van der Waals surface area (Å²) >= 11 is 1.45. The number of carbonyl (C=O) groups is 1. The van der Waals surface area contributed by atoms with Crippen molar-refractivity contribution in [2.24, 2.45) is 7.05 Å². The maximum atomic E-state index is 13.0. The molecule has 1 aliphatic heterocycles. The second kappa shape index (κ2) is 9.29. The molecule has 1 saturated heterocycles. The first-order chi connectivity index (χ1) is 14.9. The van der Waals surface area contributed by atoms with Crippen molar-refractivity contribution >= 4 is 27.3 Å². The number of sulfonamides is 1. The summed E-state index contributed by atoms with van der Waals surface area (Å²) < 4.78 is 34.6. The van der Waals surface area contributed by atoms with Crippen LogP contribution in [0.5, 0.6) is 0 Å². The quantitative estimate of drug-likeness (QED) is 0.523. The van der Waals surface area contributed by atoms with Gasteiger partial charge in [-0.25, -0.2) is 18.2 Å². The van der Waals surface area contributed by atoms with E-state index < -0.39 is 16.0 Å². The van der Waals surface area contributed by atoms with Gasteiger partial charge in [-0.2, -0.15) is 9.40 Å². The van der Waals surface area contributed by atoms with Crippen LogP contribution in [-0.4, -0.2) is 46.5 Å². The molecule has 1 aromatic carbocycles. The number of carbonyl (C=O) groups excluding carboxylic acids is 1. The summed E-state index contributed by atoms with van der Waals surface area (Å²) in [5.41, 5.74) is 1.74. The van der Waals surface area contributed by atoms with Crippen LogP contribution in [0.1, 0.15) is 41.7 Å². The van der Waals surface area contributed by atoms with Crippen LogP contribution in [0, 0.1) is 0 Å². The molecule has 0 bridgehead atoms. The Labute approximate surface area is 185 Å². The Balaban J connectivity index is 1.43. The molecule has 8 nitrogen and oxygen atoms in total. The fraction of sp³-hybridized carbons (Fsp3) is 0.381. The van der Waals surface area contributed by atoms with Crippen molar-refractivity contribution in [2.45, 2.75) is 37.2 Å². The van der Waals surface area contributed by atoms with Gasteiger partial charge >= 0.3 is 5.97 Å². The molecule has 4 rings (SSSR count). The van der Waals surface area contributed by atoms with Crippen molar-refractivity contribution in [1.29, 1.82) is 0 Å². The zero-order valence-corrected chi connectivity index (χ0v) is 18.9. The van der Waals surface area contributed by atoms with Crippen molar-refractivity contribution in [3.63, 3.8) is 0 Å². The number of nitrogens with zero attached hydrogens (tertiary/aromatic N) is 4. The Morgan fingerprint density at radius 2 is 1.97 bits per heavy atom. The van der Waals surface area contributed by atoms with E-state index in [1.54, 1.807) is 23.0 Å². The van der Waals surface area contributed by atoms with Crippen molar-refractivity contribution in [3.8, 4) is 10.6 Å². The average molecular weight is 461 g/mol. The lowest BCUT2D eigenvalue weighted by Crippen LogP contribution is -2.32. The highest BCUT2D eigenvalue weighted by Crippen LogP contribution is 2.24. The van der Waals surface area contributed by atoms with Crippen LogP contribution in [0.25, 0.3) is 10.6 Å². The van der Waals surface area contributed by atoms with Crippen molar-refractivity contribution < 1.29 is 17.9 Å². The minimum atomic E-state index is -3.63. The zero-order chi connectivity index (χ0) is 21.8. The minimum Gasteiger partial charge on any atom is -0.456 e. The van der Waals surface area contributed by atoms with Crippen LogP contribution >= 0.6 is 11.3 Å². The minimum absolute atomic E-state index is 0.0126. The number of hydrogen-bond acceptors (Lipinski definition) is 7. The van der Waals surface area contributed by atoms with E-state index in [-0.39, 0.29) is 17.1 Å². The van der Waals surface area contributed by atoms with Crippen molar-refractivity contribution in [2.75, 3.05) is 13.1 Å². The molecule has 1 fully saturated rings. The van der Waals surface area contributed by atoms with E-state index in [4.69, 9.17) is 4.74 Å². The van der Waals surface area contributed by atoms with E-state index in [2.05, 4.69) is 10.1 Å². The van der Waals surface area contributed by atoms with E-state index >= 15 is 0 Å². The first-order valence-electron chi connectivity index (χ1n) is 10.1. The number of thiazole rings is 1. The van der Waals surface area contributed by atoms with Gasteiger partial charge < -0.3 is 4.74 Å². The molecular weight excluding hydrogens is 436 g/mol. The lowest BCUT2D eigenvalue weighted by molar-refractivity contribution is 0.0468. The molecule has 3 aromatic rings. The highest BCUT2D eigenvalue weighted by Gasteiger charge is 2.26. The third-order valence-corrected chi connectivity index (χ3v) is 7.96. The summed E-state index contributed by atoms with van der Waals surface area (Å²) in [4.78, 5) is 17.1. The number of aromatic nitrogens is 3. The largest absolute Gasteiger partial charge is 0.456 e. The molecule has 0 spiro atoms. The summed E-state index contributed by atoms with van der Waals surface area (Å²) in [6.45, 7) is 1.04. The molecule has 164 valence electrons. The van der Waals surface area contributed by atoms with Crippen LogP contribution in [-0.2, 0) is 28.4 Å². The number of hydrogen-bond donors (Lipinski definition) is 0. The highest BCUT2D eigenvalue weighted by molar-refractivity contribution is 7.89. The topological polar surface area (TPSA) is 94.4 Å². The first kappa shape index (κ1) is 21.7. The van der Waals surface area contributed by atoms with Gasteiger partial charge in [-0.05, 0) is 31.0 Å². The molecule has 0 N–H and O–H groups in total. The molecule has 1 aliphatic rings. The van der Waals surface area contributed by atoms with E-state index in [1.807, 2.05) is 18.6 Å². The Hall–Kier alpha value is -2.56. The lowest BCUT2D eigenvalue weighted by atomic mass is 10.2. The molecule has 0 saturated carbocycles. The summed E-state index contributed by atoms with van der Waals surface area (Å²) in [5.74, 6) is -0.580. The van der Waals surface area contributed by atoms with Crippen LogP contribution in [0.15, 0.2) is 46.9 Å². The van der Waals surface area contributed by atoms with Gasteiger partial charge in [0.2, 0.25) is 10.0 Å². The number of esters is 1. The maximum absolute atomic E-state index is 13.0. The molecule has 0 aliphatic carbocycles. The third-order valence-electron chi connectivity index (χ3n) is 5.13. The fourth-order valence-electron chi connectivity index (χ4n) is 3.47. The molecule has 10 heteroatoms. The van der Waals surface area contributed by atoms with Gasteiger partial charge in [-0.3, -0.25) is 4.68 Å².